The normalized spacial score (nSPS) is 15.2. The van der Waals surface area contributed by atoms with Crippen LogP contribution in [0.15, 0.2) is 58.5 Å². The van der Waals surface area contributed by atoms with Crippen LogP contribution in [0.25, 0.3) is 16.6 Å². The minimum absolute atomic E-state index is 0.0166. The lowest BCUT2D eigenvalue weighted by Crippen LogP contribution is -2.44. The van der Waals surface area contributed by atoms with Gasteiger partial charge in [-0.2, -0.15) is 0 Å². The summed E-state index contributed by atoms with van der Waals surface area (Å²) < 4.78 is 12.2. The van der Waals surface area contributed by atoms with E-state index in [9.17, 15) is 9.59 Å². The molecular weight excluding hydrogens is 402 g/mol. The summed E-state index contributed by atoms with van der Waals surface area (Å²) in [7, 11) is 1.58. The molecule has 1 aliphatic rings. The Bertz CT molecular complexity index is 1120. The number of benzene rings is 2. The Kier molecular flexibility index (Phi) is 6.06. The van der Waals surface area contributed by atoms with Crippen molar-refractivity contribution in [3.8, 4) is 11.4 Å². The van der Waals surface area contributed by atoms with Gasteiger partial charge in [-0.25, -0.2) is 4.98 Å². The van der Waals surface area contributed by atoms with Crippen molar-refractivity contribution in [1.29, 1.82) is 0 Å². The third-order valence-electron chi connectivity index (χ3n) is 5.01. The number of aromatic nitrogens is 2. The molecule has 0 aliphatic carbocycles. The van der Waals surface area contributed by atoms with E-state index in [1.807, 2.05) is 43.3 Å². The van der Waals surface area contributed by atoms with Gasteiger partial charge in [0.1, 0.15) is 5.75 Å². The number of thioether (sulfide) groups is 1. The number of rotatable bonds is 5. The fraction of sp³-hybridized carbons (Fsp3) is 0.318. The molecular formula is C22H23N3O4S. The number of morpholine rings is 1. The second-order valence-corrected chi connectivity index (χ2v) is 8.26. The Morgan fingerprint density at radius 3 is 2.70 bits per heavy atom. The first kappa shape index (κ1) is 20.4. The number of carbonyl (C=O) groups is 1. The molecule has 2 aromatic carbocycles. The van der Waals surface area contributed by atoms with E-state index >= 15 is 0 Å². The van der Waals surface area contributed by atoms with Crippen molar-refractivity contribution < 1.29 is 14.3 Å². The molecule has 0 spiro atoms. The number of ether oxygens (including phenoxy) is 2. The minimum Gasteiger partial charge on any atom is -0.497 e. The van der Waals surface area contributed by atoms with Gasteiger partial charge in [0, 0.05) is 19.2 Å². The Labute approximate surface area is 178 Å². The summed E-state index contributed by atoms with van der Waals surface area (Å²) in [5.41, 5.74) is 1.07. The number of hydrogen-bond donors (Lipinski definition) is 0. The molecule has 1 saturated heterocycles. The van der Waals surface area contributed by atoms with Gasteiger partial charge in [0.05, 0.1) is 42.2 Å². The zero-order valence-electron chi connectivity index (χ0n) is 16.9. The smallest absolute Gasteiger partial charge is 0.266 e. The van der Waals surface area contributed by atoms with E-state index in [0.717, 1.165) is 0 Å². The molecule has 0 saturated carbocycles. The summed E-state index contributed by atoms with van der Waals surface area (Å²) in [6.07, 6.45) is 0. The van der Waals surface area contributed by atoms with Crippen molar-refractivity contribution in [2.75, 3.05) is 33.4 Å². The van der Waals surface area contributed by atoms with Crippen LogP contribution in [0, 0.1) is 0 Å². The van der Waals surface area contributed by atoms with Crippen molar-refractivity contribution in [1.82, 2.24) is 14.5 Å². The topological polar surface area (TPSA) is 73.7 Å². The maximum atomic E-state index is 13.4. The van der Waals surface area contributed by atoms with E-state index in [2.05, 4.69) is 0 Å². The van der Waals surface area contributed by atoms with Crippen LogP contribution in [0.2, 0.25) is 0 Å². The number of fused-ring (bicyclic) bond motifs is 1. The van der Waals surface area contributed by atoms with Crippen molar-refractivity contribution in [3.63, 3.8) is 0 Å². The molecule has 30 heavy (non-hydrogen) atoms. The molecule has 1 aliphatic heterocycles. The average Bonchev–Trinajstić information content (AvgIpc) is 2.79. The van der Waals surface area contributed by atoms with Crippen LogP contribution in [-0.2, 0) is 9.53 Å². The van der Waals surface area contributed by atoms with E-state index < -0.39 is 5.25 Å². The van der Waals surface area contributed by atoms with Gasteiger partial charge in [0.2, 0.25) is 5.91 Å². The maximum absolute atomic E-state index is 13.4. The number of amides is 1. The van der Waals surface area contributed by atoms with Gasteiger partial charge in [-0.05, 0) is 31.2 Å². The first-order valence-corrected chi connectivity index (χ1v) is 10.7. The molecule has 156 valence electrons. The second-order valence-electron chi connectivity index (χ2n) is 6.95. The first-order valence-electron chi connectivity index (χ1n) is 9.78. The van der Waals surface area contributed by atoms with Crippen LogP contribution in [0.1, 0.15) is 6.92 Å². The summed E-state index contributed by atoms with van der Waals surface area (Å²) in [6.45, 7) is 4.10. The summed E-state index contributed by atoms with van der Waals surface area (Å²) in [5, 5.41) is 0.603. The van der Waals surface area contributed by atoms with Crippen LogP contribution in [0.4, 0.5) is 0 Å². The number of methoxy groups -OCH3 is 1. The molecule has 4 rings (SSSR count). The molecule has 1 unspecified atom stereocenters. The van der Waals surface area contributed by atoms with Crippen molar-refractivity contribution in [2.24, 2.45) is 0 Å². The van der Waals surface area contributed by atoms with Crippen LogP contribution in [-0.4, -0.2) is 59.0 Å². The van der Waals surface area contributed by atoms with Gasteiger partial charge in [0.25, 0.3) is 5.56 Å². The van der Waals surface area contributed by atoms with Gasteiger partial charge in [-0.15, -0.1) is 0 Å². The van der Waals surface area contributed by atoms with Gasteiger partial charge in [-0.1, -0.05) is 30.0 Å². The van der Waals surface area contributed by atoms with Crippen LogP contribution >= 0.6 is 11.8 Å². The highest BCUT2D eigenvalue weighted by Gasteiger charge is 2.25. The SMILES string of the molecule is COc1cccc(-n2c(SC(C)C(=O)N3CCOCC3)nc3ccccc3c2=O)c1. The molecule has 7 nitrogen and oxygen atoms in total. The van der Waals surface area contributed by atoms with E-state index in [4.69, 9.17) is 14.5 Å². The van der Waals surface area contributed by atoms with Crippen molar-refractivity contribution in [2.45, 2.75) is 17.3 Å². The summed E-state index contributed by atoms with van der Waals surface area (Å²) in [4.78, 5) is 32.8. The fourth-order valence-corrected chi connectivity index (χ4v) is 4.43. The first-order chi connectivity index (χ1) is 14.6. The molecule has 1 aromatic heterocycles. The van der Waals surface area contributed by atoms with Crippen molar-refractivity contribution >= 4 is 28.6 Å². The van der Waals surface area contributed by atoms with E-state index in [-0.39, 0.29) is 11.5 Å². The quantitative estimate of drug-likeness (QED) is 0.462. The lowest BCUT2D eigenvalue weighted by atomic mass is 10.2. The average molecular weight is 426 g/mol. The highest BCUT2D eigenvalue weighted by Crippen LogP contribution is 2.27. The predicted molar refractivity (Wildman–Crippen MR) is 117 cm³/mol. The number of carbonyl (C=O) groups excluding carboxylic acids is 1. The van der Waals surface area contributed by atoms with E-state index in [1.54, 1.807) is 28.7 Å². The molecule has 0 radical (unpaired) electrons. The summed E-state index contributed by atoms with van der Waals surface area (Å²) >= 11 is 1.29. The molecule has 3 aromatic rings. The number of hydrogen-bond acceptors (Lipinski definition) is 6. The highest BCUT2D eigenvalue weighted by molar-refractivity contribution is 8.00. The zero-order chi connectivity index (χ0) is 21.1. The Morgan fingerprint density at radius 2 is 1.93 bits per heavy atom. The maximum Gasteiger partial charge on any atom is 0.266 e. The Morgan fingerprint density at radius 1 is 1.17 bits per heavy atom. The lowest BCUT2D eigenvalue weighted by molar-refractivity contribution is -0.134. The fourth-order valence-electron chi connectivity index (χ4n) is 3.42. The van der Waals surface area contributed by atoms with Crippen LogP contribution < -0.4 is 10.3 Å². The third-order valence-corrected chi connectivity index (χ3v) is 6.05. The summed E-state index contributed by atoms with van der Waals surface area (Å²) in [6, 6.07) is 14.5. The zero-order valence-corrected chi connectivity index (χ0v) is 17.7. The predicted octanol–water partition coefficient (Wildman–Crippen LogP) is 2.73. The van der Waals surface area contributed by atoms with E-state index in [0.29, 0.717) is 53.8 Å². The lowest BCUT2D eigenvalue weighted by Gasteiger charge is -2.29. The highest BCUT2D eigenvalue weighted by atomic mass is 32.2. The Hall–Kier alpha value is -2.84. The molecule has 2 heterocycles. The number of para-hydroxylation sites is 1. The molecule has 0 bridgehead atoms. The molecule has 1 atom stereocenters. The molecule has 8 heteroatoms. The van der Waals surface area contributed by atoms with E-state index in [1.165, 1.54) is 11.8 Å². The standard InChI is InChI=1S/C22H23N3O4S/c1-15(20(26)24-10-12-29-13-11-24)30-22-23-19-9-4-3-8-18(19)21(27)25(22)16-6-5-7-17(14-16)28-2/h3-9,14-15H,10-13H2,1-2H3. The van der Waals surface area contributed by atoms with Crippen LogP contribution in [0.3, 0.4) is 0 Å². The van der Waals surface area contributed by atoms with Gasteiger partial charge < -0.3 is 14.4 Å². The molecule has 0 N–H and O–H groups in total. The largest absolute Gasteiger partial charge is 0.497 e. The van der Waals surface area contributed by atoms with Gasteiger partial charge in [0.15, 0.2) is 5.16 Å². The van der Waals surface area contributed by atoms with Gasteiger partial charge in [-0.3, -0.25) is 14.2 Å². The summed E-state index contributed by atoms with van der Waals surface area (Å²) in [5.74, 6) is 0.656. The van der Waals surface area contributed by atoms with Crippen molar-refractivity contribution in [3.05, 3.63) is 58.9 Å². The second kappa shape index (κ2) is 8.89. The molecule has 1 fully saturated rings. The van der Waals surface area contributed by atoms with Gasteiger partial charge >= 0.3 is 0 Å². The number of nitrogens with zero attached hydrogens (tertiary/aromatic N) is 3. The Balaban J connectivity index is 1.77. The monoisotopic (exact) mass is 425 g/mol. The minimum atomic E-state index is -0.395. The third kappa shape index (κ3) is 4.06. The van der Waals surface area contributed by atoms with Crippen LogP contribution in [0.5, 0.6) is 5.75 Å². The molecule has 1 amide bonds.